The second-order valence-corrected chi connectivity index (χ2v) is 5.77. The molecule has 1 atom stereocenters. The van der Waals surface area contributed by atoms with Crippen LogP contribution in [0, 0.1) is 0 Å². The van der Waals surface area contributed by atoms with Crippen molar-refractivity contribution in [1.82, 2.24) is 10.2 Å². The number of aromatic carboxylic acids is 1. The van der Waals surface area contributed by atoms with Gasteiger partial charge in [0, 0.05) is 26.9 Å². The molecule has 0 saturated heterocycles. The number of carboxylic acid groups (broad SMARTS) is 1. The molecule has 0 radical (unpaired) electrons. The lowest BCUT2D eigenvalue weighted by molar-refractivity contribution is -0.131. The zero-order chi connectivity index (χ0) is 17.9. The maximum Gasteiger partial charge on any atom is 0.547 e. The van der Waals surface area contributed by atoms with Gasteiger partial charge in [-0.05, 0) is 18.1 Å². The highest BCUT2D eigenvalue weighted by Crippen LogP contribution is 2.30. The molecule has 1 aliphatic heterocycles. The van der Waals surface area contributed by atoms with E-state index >= 15 is 0 Å². The SMILES string of the molecule is CN(C)C(=O)CCC(=O)N[C@H]1Cc2cccc(C(=O)O)c2OB1O. The van der Waals surface area contributed by atoms with Gasteiger partial charge in [-0.1, -0.05) is 12.1 Å². The molecule has 0 unspecified atom stereocenters. The summed E-state index contributed by atoms with van der Waals surface area (Å²) in [5.74, 6) is -2.28. The molecule has 8 nitrogen and oxygen atoms in total. The van der Waals surface area contributed by atoms with Crippen LogP contribution < -0.4 is 9.97 Å². The van der Waals surface area contributed by atoms with Crippen molar-refractivity contribution in [2.75, 3.05) is 14.1 Å². The number of rotatable bonds is 5. The molecule has 0 aliphatic carbocycles. The molecular weight excluding hydrogens is 315 g/mol. The van der Waals surface area contributed by atoms with Crippen LogP contribution in [0.2, 0.25) is 0 Å². The largest absolute Gasteiger partial charge is 0.547 e. The van der Waals surface area contributed by atoms with E-state index in [1.807, 2.05) is 0 Å². The number of hydrogen-bond donors (Lipinski definition) is 3. The third-order valence-electron chi connectivity index (χ3n) is 3.76. The third kappa shape index (κ3) is 4.05. The fourth-order valence-electron chi connectivity index (χ4n) is 2.44. The summed E-state index contributed by atoms with van der Waals surface area (Å²) in [6.45, 7) is 0. The van der Waals surface area contributed by atoms with E-state index in [0.717, 1.165) is 0 Å². The molecule has 2 rings (SSSR count). The van der Waals surface area contributed by atoms with Gasteiger partial charge in [-0.25, -0.2) is 4.79 Å². The molecule has 0 bridgehead atoms. The van der Waals surface area contributed by atoms with E-state index in [9.17, 15) is 19.4 Å². The van der Waals surface area contributed by atoms with Gasteiger partial charge in [-0.3, -0.25) is 9.59 Å². The van der Waals surface area contributed by atoms with Crippen molar-refractivity contribution >= 4 is 24.9 Å². The van der Waals surface area contributed by atoms with Gasteiger partial charge < -0.3 is 25.0 Å². The first-order valence-corrected chi connectivity index (χ1v) is 7.49. The lowest BCUT2D eigenvalue weighted by Gasteiger charge is -2.28. The number of fused-ring (bicyclic) bond motifs is 1. The van der Waals surface area contributed by atoms with E-state index in [2.05, 4.69) is 5.32 Å². The predicted molar refractivity (Wildman–Crippen MR) is 85.6 cm³/mol. The van der Waals surface area contributed by atoms with E-state index < -0.39 is 19.0 Å². The van der Waals surface area contributed by atoms with E-state index in [0.29, 0.717) is 5.56 Å². The minimum atomic E-state index is -1.36. The van der Waals surface area contributed by atoms with Crippen LogP contribution in [0.1, 0.15) is 28.8 Å². The summed E-state index contributed by atoms with van der Waals surface area (Å²) in [4.78, 5) is 36.0. The first kappa shape index (κ1) is 17.8. The second-order valence-electron chi connectivity index (χ2n) is 5.77. The first-order valence-electron chi connectivity index (χ1n) is 7.49. The Bertz CT molecular complexity index is 663. The highest BCUT2D eigenvalue weighted by atomic mass is 16.5. The Morgan fingerprint density at radius 3 is 2.67 bits per heavy atom. The molecule has 9 heteroatoms. The number of amides is 2. The second kappa shape index (κ2) is 7.35. The minimum absolute atomic E-state index is 0.00224. The Morgan fingerprint density at radius 1 is 1.33 bits per heavy atom. The quantitative estimate of drug-likeness (QED) is 0.636. The van der Waals surface area contributed by atoms with Crippen molar-refractivity contribution in [2.45, 2.75) is 25.2 Å². The van der Waals surface area contributed by atoms with Gasteiger partial charge in [0.1, 0.15) is 5.75 Å². The molecule has 0 saturated carbocycles. The molecular formula is C15H19BN2O6. The van der Waals surface area contributed by atoms with Gasteiger partial charge in [0.2, 0.25) is 11.8 Å². The molecule has 2 amide bonds. The normalized spacial score (nSPS) is 16.0. The van der Waals surface area contributed by atoms with Crippen molar-refractivity contribution in [2.24, 2.45) is 0 Å². The first-order chi connectivity index (χ1) is 11.3. The molecule has 1 heterocycles. The predicted octanol–water partition coefficient (Wildman–Crippen LogP) is -0.307. The summed E-state index contributed by atoms with van der Waals surface area (Å²) in [6, 6.07) is 4.65. The molecule has 1 aromatic carbocycles. The molecule has 0 spiro atoms. The topological polar surface area (TPSA) is 116 Å². The van der Waals surface area contributed by atoms with Crippen molar-refractivity contribution in [3.05, 3.63) is 29.3 Å². The summed E-state index contributed by atoms with van der Waals surface area (Å²) in [5.41, 5.74) is 0.558. The summed E-state index contributed by atoms with van der Waals surface area (Å²) in [7, 11) is 1.86. The van der Waals surface area contributed by atoms with Crippen LogP contribution in [0.15, 0.2) is 18.2 Å². The maximum absolute atomic E-state index is 11.9. The maximum atomic E-state index is 11.9. The number of carbonyl (C=O) groups is 3. The summed E-state index contributed by atoms with van der Waals surface area (Å²) in [6.07, 6.45) is 0.315. The number of carboxylic acids is 1. The van der Waals surface area contributed by atoms with Gasteiger partial charge in [0.05, 0.1) is 11.5 Å². The molecule has 0 fully saturated rings. The fourth-order valence-corrected chi connectivity index (χ4v) is 2.44. The Labute approximate surface area is 139 Å². The Balaban J connectivity index is 2.01. The zero-order valence-corrected chi connectivity index (χ0v) is 13.5. The molecule has 1 aliphatic rings. The molecule has 3 N–H and O–H groups in total. The molecule has 128 valence electrons. The van der Waals surface area contributed by atoms with Crippen molar-refractivity contribution in [1.29, 1.82) is 0 Å². The third-order valence-corrected chi connectivity index (χ3v) is 3.76. The number of nitrogens with zero attached hydrogens (tertiary/aromatic N) is 1. The summed E-state index contributed by atoms with van der Waals surface area (Å²) < 4.78 is 5.29. The number of benzene rings is 1. The standard InChI is InChI=1S/C15H19BN2O6/c1-18(2)13(20)7-6-12(19)17-11-8-9-4-3-5-10(15(21)22)14(9)24-16(11)23/h3-5,11,23H,6-8H2,1-2H3,(H,17,19)(H,21,22)/t11-/m0/s1. The molecule has 1 aromatic rings. The molecule has 24 heavy (non-hydrogen) atoms. The Kier molecular flexibility index (Phi) is 5.45. The average Bonchev–Trinajstić information content (AvgIpc) is 2.52. The molecule has 0 aromatic heterocycles. The van der Waals surface area contributed by atoms with E-state index in [1.165, 1.54) is 11.0 Å². The number of nitrogens with one attached hydrogen (secondary N) is 1. The van der Waals surface area contributed by atoms with Crippen LogP contribution in [0.3, 0.4) is 0 Å². The van der Waals surface area contributed by atoms with Crippen LogP contribution in [0.5, 0.6) is 5.75 Å². The highest BCUT2D eigenvalue weighted by Gasteiger charge is 2.37. The van der Waals surface area contributed by atoms with E-state index in [1.54, 1.807) is 26.2 Å². The highest BCUT2D eigenvalue weighted by molar-refractivity contribution is 6.47. The Morgan fingerprint density at radius 2 is 2.04 bits per heavy atom. The van der Waals surface area contributed by atoms with Crippen molar-refractivity contribution < 1.29 is 29.2 Å². The van der Waals surface area contributed by atoms with Gasteiger partial charge in [0.15, 0.2) is 0 Å². The number of hydrogen-bond acceptors (Lipinski definition) is 5. The van der Waals surface area contributed by atoms with E-state index in [-0.39, 0.29) is 42.4 Å². The van der Waals surface area contributed by atoms with Gasteiger partial charge in [0.25, 0.3) is 0 Å². The van der Waals surface area contributed by atoms with Crippen LogP contribution in [-0.2, 0) is 16.0 Å². The summed E-state index contributed by atoms with van der Waals surface area (Å²) in [5, 5.41) is 21.8. The van der Waals surface area contributed by atoms with E-state index in [4.69, 9.17) is 9.76 Å². The van der Waals surface area contributed by atoms with Gasteiger partial charge in [-0.15, -0.1) is 0 Å². The van der Waals surface area contributed by atoms with Crippen LogP contribution >= 0.6 is 0 Å². The monoisotopic (exact) mass is 334 g/mol. The fraction of sp³-hybridized carbons (Fsp3) is 0.400. The van der Waals surface area contributed by atoms with Crippen LogP contribution in [-0.4, -0.2) is 60.0 Å². The van der Waals surface area contributed by atoms with Crippen molar-refractivity contribution in [3.63, 3.8) is 0 Å². The van der Waals surface area contributed by atoms with Gasteiger partial charge in [-0.2, -0.15) is 0 Å². The zero-order valence-electron chi connectivity index (χ0n) is 13.5. The minimum Gasteiger partial charge on any atom is -0.534 e. The summed E-state index contributed by atoms with van der Waals surface area (Å²) >= 11 is 0. The van der Waals surface area contributed by atoms with Crippen LogP contribution in [0.25, 0.3) is 0 Å². The van der Waals surface area contributed by atoms with Gasteiger partial charge >= 0.3 is 13.1 Å². The lowest BCUT2D eigenvalue weighted by atomic mass is 9.72. The lowest BCUT2D eigenvalue weighted by Crippen LogP contribution is -2.53. The van der Waals surface area contributed by atoms with Crippen LogP contribution in [0.4, 0.5) is 0 Å². The smallest absolute Gasteiger partial charge is 0.534 e. The Hall–Kier alpha value is -2.55. The number of para-hydroxylation sites is 1. The average molecular weight is 334 g/mol. The van der Waals surface area contributed by atoms with Crippen molar-refractivity contribution in [3.8, 4) is 5.75 Å². The number of carbonyl (C=O) groups excluding carboxylic acids is 2.